The quantitative estimate of drug-likeness (QED) is 0.707. The number of halogens is 1. The minimum atomic E-state index is -0.215. The van der Waals surface area contributed by atoms with Gasteiger partial charge in [-0.1, -0.05) is 6.07 Å². The second-order valence-electron chi connectivity index (χ2n) is 5.62. The molecule has 0 saturated carbocycles. The van der Waals surface area contributed by atoms with Crippen LogP contribution in [-0.4, -0.2) is 33.3 Å². The lowest BCUT2D eigenvalue weighted by Crippen LogP contribution is -2.28. The summed E-state index contributed by atoms with van der Waals surface area (Å²) in [7, 11) is 3.08. The Balaban J connectivity index is 1.94. The zero-order chi connectivity index (χ0) is 18.4. The van der Waals surface area contributed by atoms with Crippen LogP contribution in [0.3, 0.4) is 0 Å². The van der Waals surface area contributed by atoms with Crippen molar-refractivity contribution in [1.29, 1.82) is 0 Å². The molecule has 2 aromatic carbocycles. The van der Waals surface area contributed by atoms with E-state index < -0.39 is 0 Å². The summed E-state index contributed by atoms with van der Waals surface area (Å²) in [6, 6.07) is 9.35. The molecule has 0 heterocycles. The second-order valence-corrected chi connectivity index (χ2v) is 6.42. The SMILES string of the molecule is COc1cc(C(=O)NCCOc2cc(C)cc(C)c2)cc(OC)c1Br. The number of benzene rings is 2. The lowest BCUT2D eigenvalue weighted by Gasteiger charge is -2.12. The van der Waals surface area contributed by atoms with Crippen molar-refractivity contribution in [3.05, 3.63) is 51.5 Å². The number of hydrogen-bond donors (Lipinski definition) is 1. The first kappa shape index (κ1) is 19.1. The van der Waals surface area contributed by atoms with Gasteiger partial charge in [-0.05, 0) is 65.2 Å². The summed E-state index contributed by atoms with van der Waals surface area (Å²) in [4.78, 5) is 12.3. The Morgan fingerprint density at radius 3 is 2.08 bits per heavy atom. The van der Waals surface area contributed by atoms with E-state index in [9.17, 15) is 4.79 Å². The highest BCUT2D eigenvalue weighted by atomic mass is 79.9. The molecule has 0 spiro atoms. The molecule has 1 amide bonds. The van der Waals surface area contributed by atoms with Crippen LogP contribution in [0.1, 0.15) is 21.5 Å². The van der Waals surface area contributed by atoms with Gasteiger partial charge in [-0.2, -0.15) is 0 Å². The van der Waals surface area contributed by atoms with Crippen LogP contribution in [0.5, 0.6) is 17.2 Å². The Morgan fingerprint density at radius 1 is 1.00 bits per heavy atom. The summed E-state index contributed by atoms with van der Waals surface area (Å²) >= 11 is 3.38. The summed E-state index contributed by atoms with van der Waals surface area (Å²) < 4.78 is 16.9. The molecule has 0 atom stereocenters. The fourth-order valence-electron chi connectivity index (χ4n) is 2.45. The van der Waals surface area contributed by atoms with E-state index in [1.54, 1.807) is 26.4 Å². The zero-order valence-corrected chi connectivity index (χ0v) is 16.4. The molecule has 0 saturated heterocycles. The maximum absolute atomic E-state index is 12.3. The fraction of sp³-hybridized carbons (Fsp3) is 0.316. The van der Waals surface area contributed by atoms with Gasteiger partial charge >= 0.3 is 0 Å². The second kappa shape index (κ2) is 8.76. The number of amides is 1. The van der Waals surface area contributed by atoms with Crippen LogP contribution in [-0.2, 0) is 0 Å². The molecular weight excluding hydrogens is 386 g/mol. The van der Waals surface area contributed by atoms with Crippen LogP contribution < -0.4 is 19.5 Å². The number of nitrogens with one attached hydrogen (secondary N) is 1. The number of aryl methyl sites for hydroxylation is 2. The van der Waals surface area contributed by atoms with Crippen LogP contribution in [0.4, 0.5) is 0 Å². The number of carbonyl (C=O) groups excluding carboxylic acids is 1. The van der Waals surface area contributed by atoms with Crippen LogP contribution in [0.15, 0.2) is 34.8 Å². The van der Waals surface area contributed by atoms with Crippen molar-refractivity contribution in [3.63, 3.8) is 0 Å². The van der Waals surface area contributed by atoms with E-state index in [-0.39, 0.29) is 5.91 Å². The van der Waals surface area contributed by atoms with Gasteiger partial charge in [0, 0.05) is 5.56 Å². The van der Waals surface area contributed by atoms with E-state index >= 15 is 0 Å². The minimum Gasteiger partial charge on any atom is -0.495 e. The third-order valence-corrected chi connectivity index (χ3v) is 4.34. The van der Waals surface area contributed by atoms with E-state index in [0.717, 1.165) is 16.9 Å². The Bertz CT molecular complexity index is 716. The Morgan fingerprint density at radius 2 is 1.56 bits per heavy atom. The largest absolute Gasteiger partial charge is 0.495 e. The standard InChI is InChI=1S/C19H22BrNO4/c1-12-7-13(2)9-15(8-12)25-6-5-21-19(22)14-10-16(23-3)18(20)17(11-14)24-4/h7-11H,5-6H2,1-4H3,(H,21,22). The Hall–Kier alpha value is -2.21. The summed E-state index contributed by atoms with van der Waals surface area (Å²) in [5, 5.41) is 2.83. The van der Waals surface area contributed by atoms with Crippen LogP contribution >= 0.6 is 15.9 Å². The van der Waals surface area contributed by atoms with Crippen LogP contribution in [0.25, 0.3) is 0 Å². The topological polar surface area (TPSA) is 56.8 Å². The average Bonchev–Trinajstić information content (AvgIpc) is 2.58. The van der Waals surface area contributed by atoms with Gasteiger partial charge in [0.15, 0.2) is 0 Å². The van der Waals surface area contributed by atoms with Crippen LogP contribution in [0, 0.1) is 13.8 Å². The van der Waals surface area contributed by atoms with E-state index in [2.05, 4.69) is 27.3 Å². The molecule has 0 unspecified atom stereocenters. The van der Waals surface area contributed by atoms with Gasteiger partial charge in [0.25, 0.3) is 5.91 Å². The van der Waals surface area contributed by atoms with Crippen molar-refractivity contribution in [1.82, 2.24) is 5.32 Å². The highest BCUT2D eigenvalue weighted by Gasteiger charge is 2.14. The van der Waals surface area contributed by atoms with E-state index in [0.29, 0.717) is 34.7 Å². The molecule has 0 aromatic heterocycles. The number of carbonyl (C=O) groups is 1. The molecule has 5 nitrogen and oxygen atoms in total. The summed E-state index contributed by atoms with van der Waals surface area (Å²) in [5.74, 6) is 1.67. The molecule has 0 bridgehead atoms. The first-order valence-corrected chi connectivity index (χ1v) is 8.64. The van der Waals surface area contributed by atoms with Gasteiger partial charge in [0.05, 0.1) is 20.8 Å². The Kier molecular flexibility index (Phi) is 6.70. The van der Waals surface area contributed by atoms with E-state index in [1.165, 1.54) is 0 Å². The molecule has 2 aromatic rings. The van der Waals surface area contributed by atoms with Gasteiger partial charge in [-0.3, -0.25) is 4.79 Å². The number of ether oxygens (including phenoxy) is 3. The van der Waals surface area contributed by atoms with Gasteiger partial charge in [0.1, 0.15) is 28.3 Å². The van der Waals surface area contributed by atoms with E-state index in [4.69, 9.17) is 14.2 Å². The van der Waals surface area contributed by atoms with Crippen molar-refractivity contribution in [2.45, 2.75) is 13.8 Å². The van der Waals surface area contributed by atoms with Crippen molar-refractivity contribution in [3.8, 4) is 17.2 Å². The Labute approximate surface area is 156 Å². The maximum atomic E-state index is 12.3. The lowest BCUT2D eigenvalue weighted by molar-refractivity contribution is 0.0946. The molecule has 25 heavy (non-hydrogen) atoms. The molecule has 0 fully saturated rings. The molecule has 134 valence electrons. The van der Waals surface area contributed by atoms with Crippen molar-refractivity contribution in [2.24, 2.45) is 0 Å². The fourth-order valence-corrected chi connectivity index (χ4v) is 3.00. The third-order valence-electron chi connectivity index (χ3n) is 3.56. The molecule has 0 aliphatic carbocycles. The molecule has 0 aliphatic rings. The summed E-state index contributed by atoms with van der Waals surface area (Å²) in [5.41, 5.74) is 2.75. The van der Waals surface area contributed by atoms with Crippen molar-refractivity contribution < 1.29 is 19.0 Å². The average molecular weight is 408 g/mol. The van der Waals surface area contributed by atoms with E-state index in [1.807, 2.05) is 26.0 Å². The first-order valence-electron chi connectivity index (χ1n) is 7.85. The van der Waals surface area contributed by atoms with Gasteiger partial charge in [0.2, 0.25) is 0 Å². The molecule has 1 N–H and O–H groups in total. The minimum absolute atomic E-state index is 0.215. The highest BCUT2D eigenvalue weighted by molar-refractivity contribution is 9.10. The maximum Gasteiger partial charge on any atom is 0.251 e. The summed E-state index contributed by atoms with van der Waals surface area (Å²) in [6.45, 7) is 4.83. The van der Waals surface area contributed by atoms with Gasteiger partial charge in [-0.25, -0.2) is 0 Å². The van der Waals surface area contributed by atoms with Crippen molar-refractivity contribution in [2.75, 3.05) is 27.4 Å². The molecule has 2 rings (SSSR count). The zero-order valence-electron chi connectivity index (χ0n) is 14.8. The monoisotopic (exact) mass is 407 g/mol. The predicted molar refractivity (Wildman–Crippen MR) is 101 cm³/mol. The smallest absolute Gasteiger partial charge is 0.251 e. The number of methoxy groups -OCH3 is 2. The first-order chi connectivity index (χ1) is 11.9. The molecule has 0 radical (unpaired) electrons. The molecule has 6 heteroatoms. The molecule has 0 aliphatic heterocycles. The highest BCUT2D eigenvalue weighted by Crippen LogP contribution is 2.35. The third kappa shape index (κ3) is 5.13. The van der Waals surface area contributed by atoms with Crippen LogP contribution in [0.2, 0.25) is 0 Å². The van der Waals surface area contributed by atoms with Crippen molar-refractivity contribution >= 4 is 21.8 Å². The normalized spacial score (nSPS) is 10.3. The lowest BCUT2D eigenvalue weighted by atomic mass is 10.1. The number of hydrogen-bond acceptors (Lipinski definition) is 4. The summed E-state index contributed by atoms with van der Waals surface area (Å²) in [6.07, 6.45) is 0. The number of rotatable bonds is 7. The van der Waals surface area contributed by atoms with Gasteiger partial charge in [-0.15, -0.1) is 0 Å². The predicted octanol–water partition coefficient (Wildman–Crippen LogP) is 3.89. The van der Waals surface area contributed by atoms with Gasteiger partial charge < -0.3 is 19.5 Å². The molecular formula is C19H22BrNO4.